The summed E-state index contributed by atoms with van der Waals surface area (Å²) in [6, 6.07) is 11.7. The van der Waals surface area contributed by atoms with E-state index in [0.29, 0.717) is 11.4 Å². The summed E-state index contributed by atoms with van der Waals surface area (Å²) in [5.74, 6) is -0.419. The van der Waals surface area contributed by atoms with Gasteiger partial charge in [-0.2, -0.15) is 15.2 Å². The van der Waals surface area contributed by atoms with Crippen LogP contribution in [0.15, 0.2) is 58.4 Å². The van der Waals surface area contributed by atoms with E-state index in [1.807, 2.05) is 0 Å². The third-order valence-electron chi connectivity index (χ3n) is 3.43. The Kier molecular flexibility index (Phi) is 5.31. The molecule has 2 aromatic carbocycles. The number of esters is 1. The number of halogens is 1. The predicted octanol–water partition coefficient (Wildman–Crippen LogP) is 2.28. The fourth-order valence-corrected chi connectivity index (χ4v) is 2.04. The van der Waals surface area contributed by atoms with Crippen molar-refractivity contribution < 1.29 is 13.9 Å². The fourth-order valence-electron chi connectivity index (χ4n) is 2.04. The number of aryl methyl sites for hydroxylation is 1. The zero-order valence-corrected chi connectivity index (χ0v) is 14.1. The molecule has 0 unspecified atom stereocenters. The number of benzene rings is 2. The number of aromatic amines is 1. The number of aromatic nitrogens is 3. The molecule has 1 heterocycles. The van der Waals surface area contributed by atoms with Crippen LogP contribution in [0.2, 0.25) is 0 Å². The molecular formula is C18H14FN5O3. The molecule has 0 saturated heterocycles. The van der Waals surface area contributed by atoms with Crippen molar-refractivity contribution in [2.24, 2.45) is 5.10 Å². The lowest BCUT2D eigenvalue weighted by atomic mass is 10.2. The van der Waals surface area contributed by atoms with Crippen LogP contribution in [-0.4, -0.2) is 27.4 Å². The molecule has 0 aliphatic rings. The van der Waals surface area contributed by atoms with Crippen LogP contribution in [0, 0.1) is 12.7 Å². The lowest BCUT2D eigenvalue weighted by Crippen LogP contribution is -2.15. The molecule has 136 valence electrons. The summed E-state index contributed by atoms with van der Waals surface area (Å²) in [6.45, 7) is 1.67. The van der Waals surface area contributed by atoms with E-state index in [0.717, 1.165) is 5.56 Å². The zero-order valence-electron chi connectivity index (χ0n) is 14.1. The molecule has 0 aliphatic carbocycles. The molecule has 0 bridgehead atoms. The topological polar surface area (TPSA) is 109 Å². The molecule has 8 nitrogen and oxygen atoms in total. The van der Waals surface area contributed by atoms with Gasteiger partial charge < -0.3 is 4.74 Å². The SMILES string of the molecule is Cc1n[nH]c(=O)nc1N/N=C\c1ccc(OC(=O)c2ccc(F)cc2)cc1. The van der Waals surface area contributed by atoms with Crippen molar-refractivity contribution in [3.05, 3.63) is 81.7 Å². The van der Waals surface area contributed by atoms with Gasteiger partial charge in [0.2, 0.25) is 0 Å². The molecule has 1 aromatic heterocycles. The van der Waals surface area contributed by atoms with Crippen molar-refractivity contribution >= 4 is 18.0 Å². The van der Waals surface area contributed by atoms with Gasteiger partial charge in [-0.15, -0.1) is 0 Å². The van der Waals surface area contributed by atoms with Gasteiger partial charge in [-0.1, -0.05) is 0 Å². The Labute approximate surface area is 152 Å². The summed E-state index contributed by atoms with van der Waals surface area (Å²) in [5.41, 5.74) is 3.52. The number of ether oxygens (including phenoxy) is 1. The maximum Gasteiger partial charge on any atom is 0.363 e. The molecular weight excluding hydrogens is 353 g/mol. The van der Waals surface area contributed by atoms with Gasteiger partial charge in [-0.25, -0.2) is 19.1 Å². The third kappa shape index (κ3) is 4.82. The Morgan fingerprint density at radius 1 is 1.19 bits per heavy atom. The van der Waals surface area contributed by atoms with Crippen LogP contribution in [0.25, 0.3) is 0 Å². The van der Waals surface area contributed by atoms with E-state index < -0.39 is 17.5 Å². The highest BCUT2D eigenvalue weighted by molar-refractivity contribution is 5.91. The largest absolute Gasteiger partial charge is 0.423 e. The number of hydrazone groups is 1. The summed E-state index contributed by atoms with van der Waals surface area (Å²) >= 11 is 0. The Morgan fingerprint density at radius 2 is 1.89 bits per heavy atom. The van der Waals surface area contributed by atoms with Gasteiger partial charge in [0, 0.05) is 0 Å². The fraction of sp³-hybridized carbons (Fsp3) is 0.0556. The minimum absolute atomic E-state index is 0.250. The van der Waals surface area contributed by atoms with Crippen molar-refractivity contribution in [2.45, 2.75) is 6.92 Å². The number of rotatable bonds is 5. The van der Waals surface area contributed by atoms with Gasteiger partial charge in [-0.3, -0.25) is 5.43 Å². The Morgan fingerprint density at radius 3 is 2.59 bits per heavy atom. The van der Waals surface area contributed by atoms with Gasteiger partial charge in [-0.05, 0) is 61.0 Å². The van der Waals surface area contributed by atoms with Crippen molar-refractivity contribution in [3.63, 3.8) is 0 Å². The first-order valence-electron chi connectivity index (χ1n) is 7.81. The monoisotopic (exact) mass is 367 g/mol. The molecule has 0 spiro atoms. The van der Waals surface area contributed by atoms with Gasteiger partial charge in [0.1, 0.15) is 17.3 Å². The first-order chi connectivity index (χ1) is 13.0. The number of carbonyl (C=O) groups is 1. The van der Waals surface area contributed by atoms with Gasteiger partial charge >= 0.3 is 11.7 Å². The molecule has 3 rings (SSSR count). The molecule has 0 radical (unpaired) electrons. The van der Waals surface area contributed by atoms with Crippen molar-refractivity contribution in [3.8, 4) is 5.75 Å². The number of anilines is 1. The van der Waals surface area contributed by atoms with E-state index in [-0.39, 0.29) is 11.4 Å². The highest BCUT2D eigenvalue weighted by atomic mass is 19.1. The summed E-state index contributed by atoms with van der Waals surface area (Å²) in [5, 5.41) is 9.97. The highest BCUT2D eigenvalue weighted by Gasteiger charge is 2.08. The molecule has 0 amide bonds. The van der Waals surface area contributed by atoms with Gasteiger partial charge in [0.25, 0.3) is 0 Å². The highest BCUT2D eigenvalue weighted by Crippen LogP contribution is 2.14. The smallest absolute Gasteiger partial charge is 0.363 e. The minimum Gasteiger partial charge on any atom is -0.423 e. The lowest BCUT2D eigenvalue weighted by Gasteiger charge is -2.04. The molecule has 0 aliphatic heterocycles. The van der Waals surface area contributed by atoms with Crippen LogP contribution in [0.5, 0.6) is 5.75 Å². The Balaban J connectivity index is 1.61. The molecule has 0 atom stereocenters. The second-order valence-corrected chi connectivity index (χ2v) is 5.41. The first-order valence-corrected chi connectivity index (χ1v) is 7.81. The molecule has 0 saturated carbocycles. The van der Waals surface area contributed by atoms with E-state index in [2.05, 4.69) is 25.7 Å². The van der Waals surface area contributed by atoms with Gasteiger partial charge in [0.15, 0.2) is 5.82 Å². The molecule has 0 fully saturated rings. The first kappa shape index (κ1) is 17.9. The van der Waals surface area contributed by atoms with Crippen LogP contribution < -0.4 is 15.9 Å². The predicted molar refractivity (Wildman–Crippen MR) is 96.4 cm³/mol. The molecule has 3 aromatic rings. The van der Waals surface area contributed by atoms with Crippen molar-refractivity contribution in [2.75, 3.05) is 5.43 Å². The standard InChI is InChI=1S/C18H14FN5O3/c1-11-16(21-18(26)24-22-11)23-20-10-12-2-8-15(9-3-12)27-17(25)13-4-6-14(19)7-5-13/h2-10H,1H3,(H2,21,23,24,26)/b20-10-. The van der Waals surface area contributed by atoms with Gasteiger partial charge in [0.05, 0.1) is 11.8 Å². The second-order valence-electron chi connectivity index (χ2n) is 5.41. The van der Waals surface area contributed by atoms with Crippen LogP contribution in [0.1, 0.15) is 21.6 Å². The average molecular weight is 367 g/mol. The number of carbonyl (C=O) groups excluding carboxylic acids is 1. The Bertz CT molecular complexity index is 1030. The lowest BCUT2D eigenvalue weighted by molar-refractivity contribution is 0.0734. The van der Waals surface area contributed by atoms with E-state index in [1.54, 1.807) is 31.2 Å². The normalized spacial score (nSPS) is 10.7. The number of hydrogen-bond acceptors (Lipinski definition) is 7. The zero-order chi connectivity index (χ0) is 19.2. The number of nitrogens with one attached hydrogen (secondary N) is 2. The number of H-pyrrole nitrogens is 1. The molecule has 27 heavy (non-hydrogen) atoms. The maximum atomic E-state index is 12.9. The number of nitrogens with zero attached hydrogens (tertiary/aromatic N) is 3. The molecule has 2 N–H and O–H groups in total. The van der Waals surface area contributed by atoms with E-state index in [4.69, 9.17) is 4.74 Å². The van der Waals surface area contributed by atoms with Crippen molar-refractivity contribution in [1.29, 1.82) is 0 Å². The summed E-state index contributed by atoms with van der Waals surface area (Å²) in [6.07, 6.45) is 1.51. The van der Waals surface area contributed by atoms with E-state index >= 15 is 0 Å². The van der Waals surface area contributed by atoms with Crippen LogP contribution in [0.3, 0.4) is 0 Å². The quantitative estimate of drug-likeness (QED) is 0.310. The Hall–Kier alpha value is -3.88. The molecule has 9 heteroatoms. The van der Waals surface area contributed by atoms with E-state index in [9.17, 15) is 14.0 Å². The second kappa shape index (κ2) is 8.00. The van der Waals surface area contributed by atoms with E-state index in [1.165, 1.54) is 30.5 Å². The van der Waals surface area contributed by atoms with Crippen molar-refractivity contribution in [1.82, 2.24) is 15.2 Å². The third-order valence-corrected chi connectivity index (χ3v) is 3.43. The summed E-state index contributed by atoms with van der Waals surface area (Å²) < 4.78 is 18.1. The van der Waals surface area contributed by atoms with Crippen LogP contribution >= 0.6 is 0 Å². The maximum absolute atomic E-state index is 12.9. The summed E-state index contributed by atoms with van der Waals surface area (Å²) in [4.78, 5) is 26.8. The van der Waals surface area contributed by atoms with Crippen LogP contribution in [-0.2, 0) is 0 Å². The number of hydrogen-bond donors (Lipinski definition) is 2. The minimum atomic E-state index is -0.582. The van der Waals surface area contributed by atoms with Crippen LogP contribution in [0.4, 0.5) is 10.2 Å². The average Bonchev–Trinajstić information content (AvgIpc) is 2.66. The summed E-state index contributed by atoms with van der Waals surface area (Å²) in [7, 11) is 0.